The van der Waals surface area contributed by atoms with Crippen molar-refractivity contribution in [3.8, 4) is 11.8 Å². The number of rotatable bonds is 5. The van der Waals surface area contributed by atoms with Gasteiger partial charge in [0.1, 0.15) is 11.3 Å². The van der Waals surface area contributed by atoms with Crippen LogP contribution >= 0.6 is 0 Å². The number of piperazine rings is 1. The average molecular weight is 476 g/mol. The first kappa shape index (κ1) is 22.9. The lowest BCUT2D eigenvalue weighted by Crippen LogP contribution is -2.54. The fourth-order valence-electron chi connectivity index (χ4n) is 4.82. The summed E-state index contributed by atoms with van der Waals surface area (Å²) in [6.45, 7) is 6.03. The number of nitrogens with zero attached hydrogens (tertiary/aromatic N) is 5. The summed E-state index contributed by atoms with van der Waals surface area (Å²) in [5.41, 5.74) is 3.32. The largest absolute Gasteiger partial charge is 0.494 e. The molecule has 2 atom stereocenters. The molecule has 3 heterocycles. The van der Waals surface area contributed by atoms with E-state index in [0.29, 0.717) is 34.6 Å². The van der Waals surface area contributed by atoms with Crippen LogP contribution in [0.25, 0.3) is 21.8 Å². The third-order valence-electron chi connectivity index (χ3n) is 6.20. The molecule has 0 saturated carbocycles. The zero-order valence-electron chi connectivity index (χ0n) is 20.5. The van der Waals surface area contributed by atoms with Crippen molar-refractivity contribution < 1.29 is 14.3 Å². The van der Waals surface area contributed by atoms with Crippen molar-refractivity contribution in [1.29, 1.82) is 0 Å². The van der Waals surface area contributed by atoms with Gasteiger partial charge in [0.05, 0.1) is 25.3 Å². The normalized spacial score (nSPS) is 18.1. The Hall–Kier alpha value is -3.92. The first-order valence-corrected chi connectivity index (χ1v) is 11.5. The van der Waals surface area contributed by atoms with E-state index in [2.05, 4.69) is 44.4 Å². The monoisotopic (exact) mass is 475 g/mol. The number of carbonyl (C=O) groups excluding carboxylic acids is 1. The fourth-order valence-corrected chi connectivity index (χ4v) is 4.82. The molecule has 10 heteroatoms. The number of aryl methyl sites for hydroxylation is 1. The Morgan fingerprint density at radius 2 is 1.89 bits per heavy atom. The third-order valence-corrected chi connectivity index (χ3v) is 6.20. The van der Waals surface area contributed by atoms with E-state index in [-0.39, 0.29) is 11.9 Å². The second-order valence-electron chi connectivity index (χ2n) is 9.00. The summed E-state index contributed by atoms with van der Waals surface area (Å²) in [6.07, 6.45) is 3.61. The number of benzene rings is 2. The van der Waals surface area contributed by atoms with Gasteiger partial charge in [0, 0.05) is 72.8 Å². The number of carbonyl (C=O) groups is 1. The van der Waals surface area contributed by atoms with Gasteiger partial charge in [-0.15, -0.1) is 0 Å². The van der Waals surface area contributed by atoms with Gasteiger partial charge in [0.25, 0.3) is 5.91 Å². The van der Waals surface area contributed by atoms with Crippen LogP contribution in [0.1, 0.15) is 24.2 Å². The highest BCUT2D eigenvalue weighted by Gasteiger charge is 2.25. The summed E-state index contributed by atoms with van der Waals surface area (Å²) in [5, 5.41) is 12.6. The molecule has 0 spiro atoms. The van der Waals surface area contributed by atoms with Gasteiger partial charge in [0.15, 0.2) is 0 Å². The Morgan fingerprint density at radius 1 is 1.11 bits per heavy atom. The molecule has 1 amide bonds. The Labute approximate surface area is 203 Å². The topological polar surface area (TPSA) is 106 Å². The van der Waals surface area contributed by atoms with Crippen molar-refractivity contribution in [3.63, 3.8) is 0 Å². The van der Waals surface area contributed by atoms with Crippen LogP contribution in [0.4, 0.5) is 11.4 Å². The zero-order valence-corrected chi connectivity index (χ0v) is 20.5. The molecule has 2 aromatic carbocycles. The molecule has 10 nitrogen and oxygen atoms in total. The van der Waals surface area contributed by atoms with Gasteiger partial charge < -0.3 is 25.0 Å². The molecule has 0 unspecified atom stereocenters. The summed E-state index contributed by atoms with van der Waals surface area (Å²) in [5.74, 6) is 0.305. The first-order valence-electron chi connectivity index (χ1n) is 11.5. The van der Waals surface area contributed by atoms with E-state index in [9.17, 15) is 4.79 Å². The number of ether oxygens (including phenoxy) is 2. The molecule has 0 radical (unpaired) electrons. The number of fused-ring (bicyclic) bond motifs is 2. The fraction of sp³-hybridized carbons (Fsp3) is 0.360. The lowest BCUT2D eigenvalue weighted by atomic mass is 10.0. The number of nitrogens with one attached hydrogen (secondary N) is 2. The van der Waals surface area contributed by atoms with Crippen molar-refractivity contribution in [2.24, 2.45) is 7.05 Å². The van der Waals surface area contributed by atoms with Crippen LogP contribution in [0.15, 0.2) is 36.7 Å². The number of amides is 1. The second kappa shape index (κ2) is 9.03. The smallest absolute Gasteiger partial charge is 0.316 e. The molecule has 35 heavy (non-hydrogen) atoms. The summed E-state index contributed by atoms with van der Waals surface area (Å²) < 4.78 is 12.5. The summed E-state index contributed by atoms with van der Waals surface area (Å²) in [4.78, 5) is 24.7. The zero-order chi connectivity index (χ0) is 24.7. The summed E-state index contributed by atoms with van der Waals surface area (Å²) >= 11 is 0. The highest BCUT2D eigenvalue weighted by atomic mass is 16.5. The van der Waals surface area contributed by atoms with Crippen LogP contribution in [0.2, 0.25) is 0 Å². The van der Waals surface area contributed by atoms with Crippen molar-refractivity contribution in [3.05, 3.63) is 42.2 Å². The average Bonchev–Trinajstić information content (AvgIpc) is 3.21. The van der Waals surface area contributed by atoms with Gasteiger partial charge in [-0.1, -0.05) is 0 Å². The van der Waals surface area contributed by atoms with E-state index in [1.807, 2.05) is 31.4 Å². The Morgan fingerprint density at radius 3 is 2.60 bits per heavy atom. The molecule has 2 aromatic heterocycles. The van der Waals surface area contributed by atoms with E-state index in [1.165, 1.54) is 7.11 Å². The molecule has 4 aromatic rings. The molecule has 1 saturated heterocycles. The molecule has 5 rings (SSSR count). The van der Waals surface area contributed by atoms with Crippen LogP contribution in [0.3, 0.4) is 0 Å². The standard InChI is InChI=1S/C25H29N7O3/c1-14-11-32(12-15(2)27-14)20-7-6-18(23-19(20)10-26-25(29-23)35-5)24(33)28-17-8-16-13-31(3)30-22(16)21(9-17)34-4/h6-10,13-15,27H,11-12H2,1-5H3,(H,28,33)/t14-,15-/m1/s1. The quantitative estimate of drug-likeness (QED) is 0.454. The molecule has 182 valence electrons. The molecule has 1 aliphatic heterocycles. The van der Waals surface area contributed by atoms with Gasteiger partial charge in [0.2, 0.25) is 0 Å². The lowest BCUT2D eigenvalue weighted by Gasteiger charge is -2.38. The maximum absolute atomic E-state index is 13.5. The van der Waals surface area contributed by atoms with Crippen molar-refractivity contribution in [1.82, 2.24) is 25.1 Å². The Balaban J connectivity index is 1.55. The number of hydrogen-bond acceptors (Lipinski definition) is 8. The van der Waals surface area contributed by atoms with Gasteiger partial charge in [-0.2, -0.15) is 10.1 Å². The Bertz CT molecular complexity index is 1410. The number of methoxy groups -OCH3 is 2. The first-order chi connectivity index (χ1) is 16.9. The van der Waals surface area contributed by atoms with Gasteiger partial charge in [-0.05, 0) is 32.0 Å². The van der Waals surface area contributed by atoms with Crippen molar-refractivity contribution in [2.75, 3.05) is 37.5 Å². The van der Waals surface area contributed by atoms with Crippen molar-refractivity contribution in [2.45, 2.75) is 25.9 Å². The van der Waals surface area contributed by atoms with Crippen LogP contribution in [-0.4, -0.2) is 65.0 Å². The molecular weight excluding hydrogens is 446 g/mol. The van der Waals surface area contributed by atoms with E-state index in [0.717, 1.165) is 35.1 Å². The predicted octanol–water partition coefficient (Wildman–Crippen LogP) is 2.97. The maximum atomic E-state index is 13.5. The summed E-state index contributed by atoms with van der Waals surface area (Å²) in [7, 11) is 4.94. The number of aromatic nitrogens is 4. The van der Waals surface area contributed by atoms with Crippen LogP contribution < -0.4 is 25.0 Å². The Kier molecular flexibility index (Phi) is 5.89. The van der Waals surface area contributed by atoms with Gasteiger partial charge >= 0.3 is 6.01 Å². The summed E-state index contributed by atoms with van der Waals surface area (Å²) in [6, 6.07) is 8.33. The SMILES string of the molecule is COc1ncc2c(N3C[C@@H](C)N[C@H](C)C3)ccc(C(=O)Nc3cc(OC)c4nn(C)cc4c3)c2n1. The minimum Gasteiger partial charge on any atom is -0.494 e. The minimum atomic E-state index is -0.283. The molecule has 1 fully saturated rings. The molecule has 2 N–H and O–H groups in total. The minimum absolute atomic E-state index is 0.212. The third kappa shape index (κ3) is 4.32. The van der Waals surface area contributed by atoms with E-state index < -0.39 is 0 Å². The molecule has 0 bridgehead atoms. The molecular formula is C25H29N7O3. The lowest BCUT2D eigenvalue weighted by molar-refractivity contribution is 0.102. The molecule has 1 aliphatic rings. The van der Waals surface area contributed by atoms with Gasteiger partial charge in [-0.3, -0.25) is 9.48 Å². The highest BCUT2D eigenvalue weighted by molar-refractivity contribution is 6.14. The van der Waals surface area contributed by atoms with Gasteiger partial charge in [-0.25, -0.2) is 4.98 Å². The predicted molar refractivity (Wildman–Crippen MR) is 136 cm³/mol. The van der Waals surface area contributed by atoms with E-state index >= 15 is 0 Å². The van der Waals surface area contributed by atoms with E-state index in [4.69, 9.17) is 9.47 Å². The van der Waals surface area contributed by atoms with Crippen LogP contribution in [-0.2, 0) is 7.05 Å². The number of anilines is 2. The molecule has 0 aliphatic carbocycles. The van der Waals surface area contributed by atoms with Crippen LogP contribution in [0, 0.1) is 0 Å². The second-order valence-corrected chi connectivity index (χ2v) is 9.00. The maximum Gasteiger partial charge on any atom is 0.316 e. The van der Waals surface area contributed by atoms with Crippen molar-refractivity contribution >= 4 is 39.1 Å². The number of hydrogen-bond donors (Lipinski definition) is 2. The highest BCUT2D eigenvalue weighted by Crippen LogP contribution is 2.32. The van der Waals surface area contributed by atoms with Crippen LogP contribution in [0.5, 0.6) is 11.8 Å². The van der Waals surface area contributed by atoms with E-state index in [1.54, 1.807) is 24.1 Å².